The van der Waals surface area contributed by atoms with Gasteiger partial charge in [0.25, 0.3) is 0 Å². The van der Waals surface area contributed by atoms with E-state index >= 15 is 0 Å². The molecule has 2 aromatic heterocycles. The molecule has 11 heteroatoms. The third kappa shape index (κ3) is 6.55. The van der Waals surface area contributed by atoms with Gasteiger partial charge in [0.05, 0.1) is 21.9 Å². The molecule has 0 bridgehead atoms. The molecule has 9 nitrogen and oxygen atoms in total. The summed E-state index contributed by atoms with van der Waals surface area (Å²) in [5.74, 6) is -0.139. The fraction of sp³-hybridized carbons (Fsp3) is 0.0833. The second-order valence-electron chi connectivity index (χ2n) is 6.95. The van der Waals surface area contributed by atoms with Crippen molar-refractivity contribution in [3.63, 3.8) is 0 Å². The number of rotatable bonds is 6. The van der Waals surface area contributed by atoms with Gasteiger partial charge in [0.1, 0.15) is 11.6 Å². The maximum absolute atomic E-state index is 12.1. The van der Waals surface area contributed by atoms with Crippen molar-refractivity contribution in [1.82, 2.24) is 19.9 Å². The minimum Gasteiger partial charge on any atom is -0.383 e. The van der Waals surface area contributed by atoms with Gasteiger partial charge >= 0.3 is 0 Å². The first-order valence-corrected chi connectivity index (χ1v) is 12.9. The third-order valence-electron chi connectivity index (χ3n) is 4.59. The Morgan fingerprint density at radius 1 is 0.771 bits per heavy atom. The number of nitrogen functional groups attached to an aromatic ring is 2. The average molecular weight is 507 g/mol. The van der Waals surface area contributed by atoms with Gasteiger partial charge in [-0.25, -0.2) is 19.9 Å². The maximum atomic E-state index is 12.1. The molecular formula is C24H22N6O3S2. The summed E-state index contributed by atoms with van der Waals surface area (Å²) in [5.41, 5.74) is 13.1. The summed E-state index contributed by atoms with van der Waals surface area (Å²) in [4.78, 5) is 40.1. The van der Waals surface area contributed by atoms with Crippen LogP contribution in [0.25, 0.3) is 0 Å². The van der Waals surface area contributed by atoms with E-state index in [2.05, 4.69) is 19.9 Å². The van der Waals surface area contributed by atoms with E-state index in [4.69, 9.17) is 11.5 Å². The number of anilines is 2. The summed E-state index contributed by atoms with van der Waals surface area (Å²) in [6.45, 7) is 0. The van der Waals surface area contributed by atoms with Crippen LogP contribution in [0.5, 0.6) is 0 Å². The van der Waals surface area contributed by atoms with Crippen LogP contribution in [0.2, 0.25) is 0 Å². The van der Waals surface area contributed by atoms with Crippen molar-refractivity contribution in [3.8, 4) is 0 Å². The largest absolute Gasteiger partial charge is 0.383 e. The van der Waals surface area contributed by atoms with Crippen LogP contribution in [-0.2, 0) is 10.8 Å². The zero-order chi connectivity index (χ0) is 25.4. The SMILES string of the molecule is CS(=O)c1ncc(C(=O)c2ccccc2)c(N)n1.CSc1ncc(C(=O)c2ccccc2)c(N)n1. The number of benzene rings is 2. The Bertz CT molecular complexity index is 1370. The number of thioether (sulfide) groups is 1. The molecule has 1 atom stereocenters. The zero-order valence-corrected chi connectivity index (χ0v) is 20.5. The van der Waals surface area contributed by atoms with E-state index in [0.29, 0.717) is 21.8 Å². The fourth-order valence-electron chi connectivity index (χ4n) is 2.83. The van der Waals surface area contributed by atoms with E-state index in [1.807, 2.05) is 18.4 Å². The van der Waals surface area contributed by atoms with E-state index in [-0.39, 0.29) is 33.9 Å². The van der Waals surface area contributed by atoms with Gasteiger partial charge < -0.3 is 11.5 Å². The van der Waals surface area contributed by atoms with Crippen molar-refractivity contribution in [3.05, 3.63) is 95.3 Å². The van der Waals surface area contributed by atoms with Gasteiger partial charge in [0.15, 0.2) is 16.7 Å². The van der Waals surface area contributed by atoms with Gasteiger partial charge in [-0.1, -0.05) is 72.4 Å². The molecule has 0 spiro atoms. The highest BCUT2D eigenvalue weighted by Crippen LogP contribution is 2.17. The predicted octanol–water partition coefficient (Wildman–Crippen LogP) is 3.04. The molecule has 2 aromatic carbocycles. The molecule has 0 amide bonds. The smallest absolute Gasteiger partial charge is 0.220 e. The monoisotopic (exact) mass is 506 g/mol. The molecule has 1 unspecified atom stereocenters. The van der Waals surface area contributed by atoms with E-state index in [1.165, 1.54) is 30.4 Å². The summed E-state index contributed by atoms with van der Waals surface area (Å²) in [6.07, 6.45) is 6.10. The van der Waals surface area contributed by atoms with Crippen LogP contribution in [0.4, 0.5) is 11.6 Å². The lowest BCUT2D eigenvalue weighted by Gasteiger charge is -2.04. The minimum atomic E-state index is -1.32. The van der Waals surface area contributed by atoms with E-state index in [0.717, 1.165) is 0 Å². The first kappa shape index (κ1) is 25.7. The number of hydrogen-bond acceptors (Lipinski definition) is 10. The number of nitrogens with zero attached hydrogens (tertiary/aromatic N) is 4. The summed E-state index contributed by atoms with van der Waals surface area (Å²) < 4.78 is 11.2. The second-order valence-corrected chi connectivity index (χ2v) is 9.00. The van der Waals surface area contributed by atoms with Crippen molar-refractivity contribution in [1.29, 1.82) is 0 Å². The molecule has 0 radical (unpaired) electrons. The molecule has 4 aromatic rings. The van der Waals surface area contributed by atoms with Gasteiger partial charge in [0, 0.05) is 29.8 Å². The Morgan fingerprint density at radius 3 is 1.63 bits per heavy atom. The van der Waals surface area contributed by atoms with Crippen LogP contribution in [0.3, 0.4) is 0 Å². The Labute approximate surface area is 208 Å². The third-order valence-corrected chi connectivity index (χ3v) is 5.87. The van der Waals surface area contributed by atoms with Crippen LogP contribution in [0.1, 0.15) is 31.8 Å². The fourth-order valence-corrected chi connectivity index (χ4v) is 3.61. The van der Waals surface area contributed by atoms with Gasteiger partial charge in [-0.3, -0.25) is 13.8 Å². The maximum Gasteiger partial charge on any atom is 0.220 e. The molecule has 178 valence electrons. The van der Waals surface area contributed by atoms with Crippen molar-refractivity contribution in [2.45, 2.75) is 10.3 Å². The van der Waals surface area contributed by atoms with Gasteiger partial charge in [0.2, 0.25) is 5.16 Å². The molecule has 0 aliphatic rings. The van der Waals surface area contributed by atoms with Crippen molar-refractivity contribution in [2.75, 3.05) is 24.0 Å². The average Bonchev–Trinajstić information content (AvgIpc) is 2.89. The molecule has 4 rings (SSSR count). The summed E-state index contributed by atoms with van der Waals surface area (Å²) >= 11 is 1.39. The van der Waals surface area contributed by atoms with Crippen molar-refractivity contribution >= 4 is 45.8 Å². The normalized spacial score (nSPS) is 11.1. The molecule has 0 saturated heterocycles. The van der Waals surface area contributed by atoms with Crippen LogP contribution in [-0.4, -0.2) is 48.2 Å². The highest BCUT2D eigenvalue weighted by molar-refractivity contribution is 7.98. The first-order valence-electron chi connectivity index (χ1n) is 10.1. The lowest BCUT2D eigenvalue weighted by Crippen LogP contribution is -2.10. The van der Waals surface area contributed by atoms with Crippen molar-refractivity contribution in [2.24, 2.45) is 0 Å². The summed E-state index contributed by atoms with van der Waals surface area (Å²) in [7, 11) is -1.32. The Balaban J connectivity index is 0.000000196. The highest BCUT2D eigenvalue weighted by atomic mass is 32.2. The highest BCUT2D eigenvalue weighted by Gasteiger charge is 2.16. The molecule has 0 fully saturated rings. The summed E-state index contributed by atoms with van der Waals surface area (Å²) in [5, 5.41) is 0.684. The standard InChI is InChI=1S/C12H11N3O2S.C12H11N3OS/c1-18(17)12-14-7-9(11(13)15-12)10(16)8-5-3-2-4-6-8;1-17-12-14-7-9(11(13)15-12)10(16)8-5-3-2-4-6-8/h2-7H,1H3,(H2,13,14,15);2-7H,1H3,(H2,13,14,15). The number of carbonyl (C=O) groups is 2. The van der Waals surface area contributed by atoms with E-state index in [9.17, 15) is 13.8 Å². The number of nitrogens with two attached hydrogens (primary N) is 2. The van der Waals surface area contributed by atoms with Crippen LogP contribution >= 0.6 is 11.8 Å². The lowest BCUT2D eigenvalue weighted by atomic mass is 10.1. The number of ketones is 2. The Hall–Kier alpha value is -3.96. The molecular weight excluding hydrogens is 484 g/mol. The van der Waals surface area contributed by atoms with Crippen LogP contribution in [0.15, 0.2) is 83.4 Å². The topological polar surface area (TPSA) is 155 Å². The quantitative estimate of drug-likeness (QED) is 0.226. The number of carbonyl (C=O) groups excluding carboxylic acids is 2. The molecule has 0 aliphatic carbocycles. The number of aromatic nitrogens is 4. The predicted molar refractivity (Wildman–Crippen MR) is 137 cm³/mol. The summed E-state index contributed by atoms with van der Waals surface area (Å²) in [6, 6.07) is 17.7. The zero-order valence-electron chi connectivity index (χ0n) is 18.9. The minimum absolute atomic E-state index is 0.0454. The molecule has 2 heterocycles. The second kappa shape index (κ2) is 12.0. The molecule has 35 heavy (non-hydrogen) atoms. The van der Waals surface area contributed by atoms with Gasteiger partial charge in [-0.15, -0.1) is 0 Å². The Morgan fingerprint density at radius 2 is 1.23 bits per heavy atom. The molecule has 0 aliphatic heterocycles. The number of hydrogen-bond donors (Lipinski definition) is 2. The van der Waals surface area contributed by atoms with Crippen LogP contribution in [0, 0.1) is 0 Å². The van der Waals surface area contributed by atoms with Crippen LogP contribution < -0.4 is 11.5 Å². The van der Waals surface area contributed by atoms with E-state index < -0.39 is 10.8 Å². The van der Waals surface area contributed by atoms with Gasteiger partial charge in [-0.05, 0) is 6.26 Å². The molecule has 0 saturated carbocycles. The molecule has 4 N–H and O–H groups in total. The van der Waals surface area contributed by atoms with Crippen molar-refractivity contribution < 1.29 is 13.8 Å². The van der Waals surface area contributed by atoms with Gasteiger partial charge in [-0.2, -0.15) is 0 Å². The van der Waals surface area contributed by atoms with E-state index in [1.54, 1.807) is 48.5 Å². The lowest BCUT2D eigenvalue weighted by molar-refractivity contribution is 0.103. The Kier molecular flexibility index (Phi) is 8.76. The first-order chi connectivity index (χ1) is 16.8.